The lowest BCUT2D eigenvalue weighted by molar-refractivity contribution is 0.0787. The number of carbonyl (C=O) groups is 1. The molecule has 0 radical (unpaired) electrons. The predicted octanol–water partition coefficient (Wildman–Crippen LogP) is 1.16. The molecule has 1 aliphatic heterocycles. The van der Waals surface area contributed by atoms with Gasteiger partial charge < -0.3 is 4.90 Å². The third-order valence-electron chi connectivity index (χ3n) is 2.77. The van der Waals surface area contributed by atoms with Gasteiger partial charge in [-0.2, -0.15) is 0 Å². The Hall–Kier alpha value is -1.82. The molecule has 0 aliphatic carbocycles. The highest BCUT2D eigenvalue weighted by molar-refractivity contribution is 7.99. The van der Waals surface area contributed by atoms with Crippen molar-refractivity contribution in [3.8, 4) is 0 Å². The monoisotopic (exact) mass is 277 g/mol. The van der Waals surface area contributed by atoms with E-state index < -0.39 is 0 Å². The van der Waals surface area contributed by atoms with Gasteiger partial charge in [0.2, 0.25) is 0 Å². The van der Waals surface area contributed by atoms with Crippen LogP contribution in [-0.2, 0) is 6.54 Å². The fraction of sp³-hybridized carbons (Fsp3) is 0.308. The number of thioether (sulfide) groups is 1. The molecule has 100 valence electrons. The summed E-state index contributed by atoms with van der Waals surface area (Å²) >= 11 is 1.53. The maximum absolute atomic E-state index is 12.3. The molecule has 0 unspecified atom stereocenters. The van der Waals surface area contributed by atoms with Crippen LogP contribution in [0.4, 0.5) is 0 Å². The highest BCUT2D eigenvalue weighted by Crippen LogP contribution is 2.20. The fourth-order valence-corrected chi connectivity index (χ4v) is 2.80. The second kappa shape index (κ2) is 5.88. The molecule has 2 heterocycles. The molecule has 2 rings (SSSR count). The number of hydrogen-bond donors (Lipinski definition) is 0. The largest absolute Gasteiger partial charge is 0.331 e. The molecule has 1 aromatic heterocycles. The van der Waals surface area contributed by atoms with E-state index in [9.17, 15) is 9.59 Å². The van der Waals surface area contributed by atoms with E-state index in [1.807, 2.05) is 0 Å². The first kappa shape index (κ1) is 13.6. The van der Waals surface area contributed by atoms with Crippen LogP contribution in [-0.4, -0.2) is 39.2 Å². The van der Waals surface area contributed by atoms with E-state index in [0.717, 1.165) is 5.75 Å². The van der Waals surface area contributed by atoms with Crippen molar-refractivity contribution in [2.24, 2.45) is 0 Å². The Morgan fingerprint density at radius 1 is 1.47 bits per heavy atom. The summed E-state index contributed by atoms with van der Waals surface area (Å²) in [7, 11) is 0. The Morgan fingerprint density at radius 3 is 2.79 bits per heavy atom. The summed E-state index contributed by atoms with van der Waals surface area (Å²) in [5.74, 6) is 0.493. The van der Waals surface area contributed by atoms with E-state index >= 15 is 0 Å². The first-order valence-corrected chi connectivity index (χ1v) is 6.91. The number of fused-ring (bicyclic) bond motifs is 1. The molecule has 0 bridgehead atoms. The highest BCUT2D eigenvalue weighted by atomic mass is 32.2. The van der Waals surface area contributed by atoms with Crippen molar-refractivity contribution in [1.29, 1.82) is 0 Å². The summed E-state index contributed by atoms with van der Waals surface area (Å²) in [6.07, 6.45) is 4.61. The van der Waals surface area contributed by atoms with Crippen molar-refractivity contribution in [2.75, 3.05) is 18.8 Å². The van der Waals surface area contributed by atoms with Gasteiger partial charge in [0, 0.05) is 31.6 Å². The van der Waals surface area contributed by atoms with E-state index in [1.165, 1.54) is 22.9 Å². The Labute approximate surface area is 115 Å². The third-order valence-corrected chi connectivity index (χ3v) is 3.74. The van der Waals surface area contributed by atoms with Crippen molar-refractivity contribution in [1.82, 2.24) is 14.5 Å². The van der Waals surface area contributed by atoms with Crippen LogP contribution in [0.1, 0.15) is 10.4 Å². The number of nitrogens with zero attached hydrogens (tertiary/aromatic N) is 3. The average Bonchev–Trinajstić information content (AvgIpc) is 2.87. The molecule has 1 aromatic rings. The molecule has 0 atom stereocenters. The molecular weight excluding hydrogens is 262 g/mol. The molecule has 19 heavy (non-hydrogen) atoms. The molecule has 0 fully saturated rings. The smallest absolute Gasteiger partial charge is 0.267 e. The maximum Gasteiger partial charge on any atom is 0.267 e. The Balaban J connectivity index is 2.35. The van der Waals surface area contributed by atoms with Crippen LogP contribution < -0.4 is 5.56 Å². The van der Waals surface area contributed by atoms with Crippen molar-refractivity contribution >= 4 is 17.7 Å². The molecule has 5 nitrogen and oxygen atoms in total. The fourth-order valence-electron chi connectivity index (χ4n) is 1.89. The molecule has 0 N–H and O–H groups in total. The Morgan fingerprint density at radius 2 is 2.16 bits per heavy atom. The quantitative estimate of drug-likeness (QED) is 0.599. The van der Waals surface area contributed by atoms with Crippen LogP contribution in [0.5, 0.6) is 0 Å². The first-order valence-electron chi connectivity index (χ1n) is 5.92. The van der Waals surface area contributed by atoms with Gasteiger partial charge >= 0.3 is 0 Å². The van der Waals surface area contributed by atoms with Gasteiger partial charge in [-0.05, 0) is 0 Å². The summed E-state index contributed by atoms with van der Waals surface area (Å²) in [4.78, 5) is 30.2. The van der Waals surface area contributed by atoms with E-state index in [0.29, 0.717) is 24.8 Å². The minimum Gasteiger partial charge on any atom is -0.331 e. The van der Waals surface area contributed by atoms with Crippen molar-refractivity contribution < 1.29 is 4.79 Å². The standard InChI is InChI=1S/C13H15N3O2S/c1-3-5-15(6-4-2)11(17)10-9-14-13-16(12(10)18)7-8-19-13/h3-4,9H,1-2,5-8H2. The first-order chi connectivity index (χ1) is 9.19. The minimum absolute atomic E-state index is 0.106. The van der Waals surface area contributed by atoms with Crippen LogP contribution in [0.15, 0.2) is 41.5 Å². The van der Waals surface area contributed by atoms with Gasteiger partial charge in [0.25, 0.3) is 11.5 Å². The molecule has 1 aliphatic rings. The zero-order valence-electron chi connectivity index (χ0n) is 10.5. The lowest BCUT2D eigenvalue weighted by Gasteiger charge is -2.19. The second-order valence-electron chi connectivity index (χ2n) is 4.05. The zero-order valence-corrected chi connectivity index (χ0v) is 11.4. The van der Waals surface area contributed by atoms with Crippen LogP contribution >= 0.6 is 11.8 Å². The van der Waals surface area contributed by atoms with E-state index in [4.69, 9.17) is 0 Å². The summed E-state index contributed by atoms with van der Waals surface area (Å²) in [5, 5.41) is 0.681. The molecule has 6 heteroatoms. The van der Waals surface area contributed by atoms with Crippen LogP contribution in [0.2, 0.25) is 0 Å². The molecule has 0 saturated heterocycles. The van der Waals surface area contributed by atoms with Crippen molar-refractivity contribution in [3.05, 3.63) is 47.4 Å². The zero-order chi connectivity index (χ0) is 13.8. The molecule has 0 saturated carbocycles. The third kappa shape index (κ3) is 2.63. The average molecular weight is 277 g/mol. The number of rotatable bonds is 5. The molecule has 0 spiro atoms. The molecular formula is C13H15N3O2S. The van der Waals surface area contributed by atoms with E-state index in [1.54, 1.807) is 16.7 Å². The predicted molar refractivity (Wildman–Crippen MR) is 75.5 cm³/mol. The second-order valence-corrected chi connectivity index (χ2v) is 5.11. The van der Waals surface area contributed by atoms with Gasteiger partial charge in [-0.25, -0.2) is 4.98 Å². The molecule has 1 amide bonds. The highest BCUT2D eigenvalue weighted by Gasteiger charge is 2.22. The summed E-state index contributed by atoms with van der Waals surface area (Å²) < 4.78 is 1.55. The van der Waals surface area contributed by atoms with Gasteiger partial charge in [0.15, 0.2) is 5.16 Å². The summed E-state index contributed by atoms with van der Waals surface area (Å²) in [5.41, 5.74) is -0.159. The number of amides is 1. The Kier molecular flexibility index (Phi) is 4.21. The normalized spacial score (nSPS) is 12.8. The summed E-state index contributed by atoms with van der Waals surface area (Å²) in [6, 6.07) is 0. The van der Waals surface area contributed by atoms with Crippen LogP contribution in [0, 0.1) is 0 Å². The van der Waals surface area contributed by atoms with E-state index in [2.05, 4.69) is 18.1 Å². The van der Waals surface area contributed by atoms with Gasteiger partial charge in [-0.3, -0.25) is 14.2 Å². The SMILES string of the molecule is C=CCN(CC=C)C(=O)c1cnc2n(c1=O)CCS2. The van der Waals surface area contributed by atoms with Gasteiger partial charge in [0.05, 0.1) is 0 Å². The van der Waals surface area contributed by atoms with Crippen molar-refractivity contribution in [3.63, 3.8) is 0 Å². The Bertz CT molecular complexity index is 570. The maximum atomic E-state index is 12.3. The van der Waals surface area contributed by atoms with E-state index in [-0.39, 0.29) is 17.0 Å². The lowest BCUT2D eigenvalue weighted by Crippen LogP contribution is -2.37. The van der Waals surface area contributed by atoms with Crippen molar-refractivity contribution in [2.45, 2.75) is 11.7 Å². The number of aromatic nitrogens is 2. The summed E-state index contributed by atoms with van der Waals surface area (Å²) in [6.45, 7) is 8.58. The van der Waals surface area contributed by atoms with Crippen LogP contribution in [0.3, 0.4) is 0 Å². The van der Waals surface area contributed by atoms with Gasteiger partial charge in [-0.1, -0.05) is 23.9 Å². The molecule has 0 aromatic carbocycles. The van der Waals surface area contributed by atoms with Crippen LogP contribution in [0.25, 0.3) is 0 Å². The number of carbonyl (C=O) groups excluding carboxylic acids is 1. The lowest BCUT2D eigenvalue weighted by atomic mass is 10.2. The van der Waals surface area contributed by atoms with Gasteiger partial charge in [0.1, 0.15) is 5.56 Å². The van der Waals surface area contributed by atoms with Gasteiger partial charge in [-0.15, -0.1) is 13.2 Å². The minimum atomic E-state index is -0.329. The number of hydrogen-bond acceptors (Lipinski definition) is 4. The topological polar surface area (TPSA) is 55.2 Å².